The van der Waals surface area contributed by atoms with Gasteiger partial charge in [0.1, 0.15) is 0 Å². The molecule has 1 unspecified atom stereocenters. The first-order valence-corrected chi connectivity index (χ1v) is 6.74. The Bertz CT molecular complexity index is 299. The lowest BCUT2D eigenvalue weighted by atomic mass is 9.81. The van der Waals surface area contributed by atoms with Gasteiger partial charge in [-0.2, -0.15) is 0 Å². The molecule has 1 aliphatic heterocycles. The first-order valence-electron chi connectivity index (χ1n) is 6.74. The number of rotatable bonds is 5. The lowest BCUT2D eigenvalue weighted by Gasteiger charge is -2.37. The van der Waals surface area contributed by atoms with Gasteiger partial charge in [0.2, 0.25) is 11.8 Å². The van der Waals surface area contributed by atoms with Gasteiger partial charge in [0.05, 0.1) is 12.0 Å². The van der Waals surface area contributed by atoms with Crippen LogP contribution in [0.15, 0.2) is 0 Å². The maximum atomic E-state index is 12.6. The molecule has 104 valence electrons. The third-order valence-corrected chi connectivity index (χ3v) is 3.51. The molecule has 18 heavy (non-hydrogen) atoms. The van der Waals surface area contributed by atoms with E-state index in [9.17, 15) is 9.59 Å². The second-order valence-corrected chi connectivity index (χ2v) is 5.24. The normalized spacial score (nSPS) is 23.5. The number of amides is 2. The zero-order valence-corrected chi connectivity index (χ0v) is 11.7. The standard InChI is InChI=1S/C13H25N3O2/c1-4-8-16(9-11(17)14-3)12(18)13(2)6-5-7-15-10-13/h15H,4-10H2,1-3H3,(H,14,17). The SMILES string of the molecule is CCCN(CC(=O)NC)C(=O)C1(C)CCCNC1. The molecule has 0 aromatic carbocycles. The van der Waals surface area contributed by atoms with Crippen molar-refractivity contribution in [2.75, 3.05) is 33.2 Å². The van der Waals surface area contributed by atoms with Crippen molar-refractivity contribution < 1.29 is 9.59 Å². The molecule has 1 atom stereocenters. The molecular formula is C13H25N3O2. The number of nitrogens with zero attached hydrogens (tertiary/aromatic N) is 1. The number of likely N-dealkylation sites (N-methyl/N-ethyl adjacent to an activating group) is 1. The Morgan fingerprint density at radius 1 is 1.44 bits per heavy atom. The lowest BCUT2D eigenvalue weighted by molar-refractivity contribution is -0.145. The summed E-state index contributed by atoms with van der Waals surface area (Å²) < 4.78 is 0. The summed E-state index contributed by atoms with van der Waals surface area (Å²) in [5, 5.41) is 5.85. The van der Waals surface area contributed by atoms with Gasteiger partial charge in [-0.3, -0.25) is 9.59 Å². The fourth-order valence-corrected chi connectivity index (χ4v) is 2.40. The molecule has 2 N–H and O–H groups in total. The lowest BCUT2D eigenvalue weighted by Crippen LogP contribution is -2.52. The first kappa shape index (κ1) is 15.0. The Balaban J connectivity index is 2.71. The second-order valence-electron chi connectivity index (χ2n) is 5.24. The van der Waals surface area contributed by atoms with Crippen molar-refractivity contribution in [2.24, 2.45) is 5.41 Å². The second kappa shape index (κ2) is 6.73. The molecule has 0 aromatic heterocycles. The molecule has 1 aliphatic rings. The Hall–Kier alpha value is -1.10. The van der Waals surface area contributed by atoms with Gasteiger partial charge in [0.25, 0.3) is 0 Å². The van der Waals surface area contributed by atoms with Crippen molar-refractivity contribution in [1.82, 2.24) is 15.5 Å². The minimum Gasteiger partial charge on any atom is -0.358 e. The van der Waals surface area contributed by atoms with E-state index >= 15 is 0 Å². The molecule has 1 saturated heterocycles. The van der Waals surface area contributed by atoms with E-state index in [1.165, 1.54) is 0 Å². The van der Waals surface area contributed by atoms with Crippen LogP contribution < -0.4 is 10.6 Å². The van der Waals surface area contributed by atoms with Crippen molar-refractivity contribution in [3.8, 4) is 0 Å². The van der Waals surface area contributed by atoms with Gasteiger partial charge in [-0.15, -0.1) is 0 Å². The maximum Gasteiger partial charge on any atom is 0.239 e. The van der Waals surface area contributed by atoms with Crippen LogP contribution in [0.3, 0.4) is 0 Å². The Morgan fingerprint density at radius 2 is 2.17 bits per heavy atom. The van der Waals surface area contributed by atoms with Crippen molar-refractivity contribution in [1.29, 1.82) is 0 Å². The molecule has 0 aromatic rings. The van der Waals surface area contributed by atoms with Crippen LogP contribution in [0.2, 0.25) is 0 Å². The fourth-order valence-electron chi connectivity index (χ4n) is 2.40. The quantitative estimate of drug-likeness (QED) is 0.746. The van der Waals surface area contributed by atoms with E-state index in [4.69, 9.17) is 0 Å². The molecule has 1 heterocycles. The van der Waals surface area contributed by atoms with E-state index < -0.39 is 0 Å². The molecule has 2 amide bonds. The zero-order valence-electron chi connectivity index (χ0n) is 11.7. The summed E-state index contributed by atoms with van der Waals surface area (Å²) in [5.74, 6) is -0.00989. The molecule has 1 fully saturated rings. The van der Waals surface area contributed by atoms with Gasteiger partial charge in [-0.05, 0) is 32.7 Å². The molecule has 0 bridgehead atoms. The summed E-state index contributed by atoms with van der Waals surface area (Å²) in [7, 11) is 1.60. The van der Waals surface area contributed by atoms with Crippen LogP contribution in [0.1, 0.15) is 33.1 Å². The highest BCUT2D eigenvalue weighted by Gasteiger charge is 2.37. The van der Waals surface area contributed by atoms with Gasteiger partial charge < -0.3 is 15.5 Å². The molecule has 0 radical (unpaired) electrons. The van der Waals surface area contributed by atoms with E-state index in [-0.39, 0.29) is 23.8 Å². The van der Waals surface area contributed by atoms with Gasteiger partial charge in [-0.1, -0.05) is 6.92 Å². The van der Waals surface area contributed by atoms with Gasteiger partial charge in [0.15, 0.2) is 0 Å². The van der Waals surface area contributed by atoms with Crippen LogP contribution in [-0.2, 0) is 9.59 Å². The molecular weight excluding hydrogens is 230 g/mol. The monoisotopic (exact) mass is 255 g/mol. The van der Waals surface area contributed by atoms with Crippen molar-refractivity contribution in [2.45, 2.75) is 33.1 Å². The smallest absolute Gasteiger partial charge is 0.239 e. The molecule has 0 aliphatic carbocycles. The summed E-state index contributed by atoms with van der Waals surface area (Å²) in [6, 6.07) is 0. The number of carbonyl (C=O) groups excluding carboxylic acids is 2. The average molecular weight is 255 g/mol. The van der Waals surface area contributed by atoms with E-state index in [1.54, 1.807) is 11.9 Å². The highest BCUT2D eigenvalue weighted by molar-refractivity contribution is 5.87. The number of hydrogen-bond donors (Lipinski definition) is 2. The topological polar surface area (TPSA) is 61.4 Å². The summed E-state index contributed by atoms with van der Waals surface area (Å²) >= 11 is 0. The number of carbonyl (C=O) groups is 2. The van der Waals surface area contributed by atoms with E-state index in [1.807, 2.05) is 13.8 Å². The van der Waals surface area contributed by atoms with Crippen molar-refractivity contribution in [3.63, 3.8) is 0 Å². The average Bonchev–Trinajstić information content (AvgIpc) is 2.38. The Labute approximate surface area is 109 Å². The maximum absolute atomic E-state index is 12.6. The van der Waals surface area contributed by atoms with Crippen LogP contribution in [0.5, 0.6) is 0 Å². The molecule has 0 saturated carbocycles. The zero-order chi connectivity index (χ0) is 13.6. The minimum atomic E-state index is -0.360. The Kier molecular flexibility index (Phi) is 5.59. The fraction of sp³-hybridized carbons (Fsp3) is 0.846. The summed E-state index contributed by atoms with van der Waals surface area (Å²) in [6.45, 7) is 6.51. The predicted molar refractivity (Wildman–Crippen MR) is 71.1 cm³/mol. The van der Waals surface area contributed by atoms with Crippen LogP contribution >= 0.6 is 0 Å². The van der Waals surface area contributed by atoms with E-state index in [0.717, 1.165) is 25.8 Å². The minimum absolute atomic E-state index is 0.0974. The van der Waals surface area contributed by atoms with Crippen LogP contribution in [-0.4, -0.2) is 49.9 Å². The highest BCUT2D eigenvalue weighted by atomic mass is 16.2. The predicted octanol–water partition coefficient (Wildman–Crippen LogP) is 0.361. The third-order valence-electron chi connectivity index (χ3n) is 3.51. The van der Waals surface area contributed by atoms with Crippen LogP contribution in [0, 0.1) is 5.41 Å². The van der Waals surface area contributed by atoms with Gasteiger partial charge in [0, 0.05) is 20.1 Å². The molecule has 5 heteroatoms. The van der Waals surface area contributed by atoms with Crippen LogP contribution in [0.4, 0.5) is 0 Å². The largest absolute Gasteiger partial charge is 0.358 e. The molecule has 5 nitrogen and oxygen atoms in total. The first-order chi connectivity index (χ1) is 8.53. The summed E-state index contributed by atoms with van der Waals surface area (Å²) in [5.41, 5.74) is -0.360. The summed E-state index contributed by atoms with van der Waals surface area (Å²) in [4.78, 5) is 25.7. The number of nitrogens with one attached hydrogen (secondary N) is 2. The van der Waals surface area contributed by atoms with Crippen LogP contribution in [0.25, 0.3) is 0 Å². The van der Waals surface area contributed by atoms with Gasteiger partial charge >= 0.3 is 0 Å². The molecule has 1 rings (SSSR count). The highest BCUT2D eigenvalue weighted by Crippen LogP contribution is 2.28. The van der Waals surface area contributed by atoms with Gasteiger partial charge in [-0.25, -0.2) is 0 Å². The number of piperidine rings is 1. The number of hydrogen-bond acceptors (Lipinski definition) is 3. The van der Waals surface area contributed by atoms with Crippen molar-refractivity contribution >= 4 is 11.8 Å². The van der Waals surface area contributed by atoms with Crippen molar-refractivity contribution in [3.05, 3.63) is 0 Å². The molecule has 0 spiro atoms. The van der Waals surface area contributed by atoms with E-state index in [2.05, 4.69) is 10.6 Å². The van der Waals surface area contributed by atoms with E-state index in [0.29, 0.717) is 13.1 Å². The Morgan fingerprint density at radius 3 is 2.67 bits per heavy atom. The third kappa shape index (κ3) is 3.70. The summed E-state index contributed by atoms with van der Waals surface area (Å²) in [6.07, 6.45) is 2.78.